The molecule has 0 saturated carbocycles. The Morgan fingerprint density at radius 1 is 1.36 bits per heavy atom. The summed E-state index contributed by atoms with van der Waals surface area (Å²) < 4.78 is 9.30. The van der Waals surface area contributed by atoms with Crippen LogP contribution in [0.5, 0.6) is 5.75 Å². The third-order valence-electron chi connectivity index (χ3n) is 3.95. The molecule has 0 aliphatic rings. The van der Waals surface area contributed by atoms with Crippen LogP contribution in [0.2, 0.25) is 0 Å². The maximum atomic E-state index is 10.8. The molecule has 0 aliphatic carbocycles. The maximum absolute atomic E-state index is 10.8. The smallest absolute Gasteiger partial charge is 0.307 e. The van der Waals surface area contributed by atoms with Crippen LogP contribution in [-0.2, 0) is 19.0 Å². The summed E-state index contributed by atoms with van der Waals surface area (Å²) in [6.07, 6.45) is 4.36. The van der Waals surface area contributed by atoms with Gasteiger partial charge in [-0.15, -0.1) is 16.8 Å². The minimum absolute atomic E-state index is 0.0456. The molecule has 146 valence electrons. The van der Waals surface area contributed by atoms with Crippen LogP contribution in [0.15, 0.2) is 48.4 Å². The van der Waals surface area contributed by atoms with Crippen molar-refractivity contribution in [2.24, 2.45) is 0 Å². The molecule has 0 radical (unpaired) electrons. The van der Waals surface area contributed by atoms with Crippen molar-refractivity contribution in [2.45, 2.75) is 38.0 Å². The first-order chi connectivity index (χ1) is 13.5. The minimum atomic E-state index is -0.475. The third-order valence-corrected chi connectivity index (χ3v) is 4.90. The molecule has 0 saturated heterocycles. The van der Waals surface area contributed by atoms with Crippen molar-refractivity contribution in [3.05, 3.63) is 70.3 Å². The van der Waals surface area contributed by atoms with E-state index in [0.717, 1.165) is 11.3 Å². The highest BCUT2D eigenvalue weighted by molar-refractivity contribution is 7.98. The Balaban J connectivity index is 1.69. The van der Waals surface area contributed by atoms with Crippen LogP contribution in [-0.4, -0.2) is 29.5 Å². The first kappa shape index (κ1) is 19.6. The molecule has 2 aromatic heterocycles. The zero-order chi connectivity index (χ0) is 20.1. The molecule has 0 unspecified atom stereocenters. The molecule has 0 atom stereocenters. The molecular weight excluding hydrogens is 380 g/mol. The molecule has 9 nitrogen and oxygen atoms in total. The fraction of sp³-hybridized carbons (Fsp3) is 0.278. The zero-order valence-electron chi connectivity index (χ0n) is 15.6. The van der Waals surface area contributed by atoms with Gasteiger partial charge in [-0.05, 0) is 25.5 Å². The minimum Gasteiger partial charge on any atom is -0.485 e. The van der Waals surface area contributed by atoms with E-state index in [1.165, 1.54) is 34.4 Å². The van der Waals surface area contributed by atoms with Gasteiger partial charge in [0, 0.05) is 6.54 Å². The number of nitro groups is 1. The Bertz CT molecular complexity index is 997. The topological polar surface area (TPSA) is 101 Å². The normalized spacial score (nSPS) is 10.8. The summed E-state index contributed by atoms with van der Waals surface area (Å²) in [6, 6.07) is 6.01. The lowest BCUT2D eigenvalue weighted by atomic mass is 10.1. The van der Waals surface area contributed by atoms with Gasteiger partial charge in [-0.1, -0.05) is 35.5 Å². The number of aromatic nitrogens is 5. The van der Waals surface area contributed by atoms with Gasteiger partial charge in [0.1, 0.15) is 24.8 Å². The lowest BCUT2D eigenvalue weighted by Crippen LogP contribution is -2.08. The summed E-state index contributed by atoms with van der Waals surface area (Å²) in [5.41, 5.74) is 2.19. The van der Waals surface area contributed by atoms with Crippen LogP contribution in [0.25, 0.3) is 0 Å². The van der Waals surface area contributed by atoms with Crippen LogP contribution >= 0.6 is 11.8 Å². The monoisotopic (exact) mass is 400 g/mol. The number of hydrogen-bond acceptors (Lipinski definition) is 7. The Kier molecular flexibility index (Phi) is 6.09. The predicted octanol–water partition coefficient (Wildman–Crippen LogP) is 3.51. The number of aryl methyl sites for hydroxylation is 2. The van der Waals surface area contributed by atoms with Crippen LogP contribution in [0.1, 0.15) is 17.0 Å². The number of ether oxygens (including phenoxy) is 1. The van der Waals surface area contributed by atoms with Crippen molar-refractivity contribution in [3.8, 4) is 5.75 Å². The van der Waals surface area contributed by atoms with Crippen molar-refractivity contribution in [3.63, 3.8) is 0 Å². The molecule has 10 heteroatoms. The van der Waals surface area contributed by atoms with Gasteiger partial charge >= 0.3 is 5.69 Å². The number of benzene rings is 1. The molecule has 0 N–H and O–H groups in total. The summed E-state index contributed by atoms with van der Waals surface area (Å²) in [5, 5.41) is 23.8. The van der Waals surface area contributed by atoms with E-state index >= 15 is 0 Å². The molecule has 0 amide bonds. The first-order valence-electron chi connectivity index (χ1n) is 8.50. The standard InChI is InChI=1S/C18H20N6O3S/c1-4-7-23-17(11-27-16-6-5-13(2)8-14(16)3)20-21-18(23)28-12-22-10-15(9-19-22)24(25)26/h4-6,8-10H,1,7,11-12H2,2-3H3. The van der Waals surface area contributed by atoms with E-state index in [0.29, 0.717) is 23.4 Å². The quantitative estimate of drug-likeness (QED) is 0.234. The largest absolute Gasteiger partial charge is 0.485 e. The molecule has 3 aromatic rings. The summed E-state index contributed by atoms with van der Waals surface area (Å²) in [7, 11) is 0. The van der Waals surface area contributed by atoms with Gasteiger partial charge < -0.3 is 4.74 Å². The molecule has 2 heterocycles. The van der Waals surface area contributed by atoms with E-state index in [1.807, 2.05) is 30.5 Å². The SMILES string of the molecule is C=CCn1c(COc2ccc(C)cc2C)nnc1SCn1cc([N+](=O)[O-])cn1. The molecule has 1 aromatic carbocycles. The number of nitrogens with zero attached hydrogens (tertiary/aromatic N) is 6. The van der Waals surface area contributed by atoms with E-state index in [9.17, 15) is 10.1 Å². The van der Waals surface area contributed by atoms with E-state index in [-0.39, 0.29) is 12.3 Å². The molecule has 0 aliphatic heterocycles. The lowest BCUT2D eigenvalue weighted by Gasteiger charge is -2.11. The Labute approximate surface area is 166 Å². The van der Waals surface area contributed by atoms with E-state index < -0.39 is 4.92 Å². The van der Waals surface area contributed by atoms with Gasteiger partial charge in [0.25, 0.3) is 0 Å². The fourth-order valence-corrected chi connectivity index (χ4v) is 3.41. The average molecular weight is 400 g/mol. The Morgan fingerprint density at radius 3 is 2.86 bits per heavy atom. The van der Waals surface area contributed by atoms with Crippen molar-refractivity contribution in [1.29, 1.82) is 0 Å². The number of allylic oxidation sites excluding steroid dienone is 1. The second kappa shape index (κ2) is 8.70. The third kappa shape index (κ3) is 4.58. The van der Waals surface area contributed by atoms with Crippen LogP contribution < -0.4 is 4.74 Å². The van der Waals surface area contributed by atoms with E-state index in [2.05, 4.69) is 27.9 Å². The first-order valence-corrected chi connectivity index (χ1v) is 9.49. The van der Waals surface area contributed by atoms with Gasteiger partial charge in [0.2, 0.25) is 0 Å². The summed E-state index contributed by atoms with van der Waals surface area (Å²) in [5.74, 6) is 1.85. The van der Waals surface area contributed by atoms with Crippen LogP contribution in [0.4, 0.5) is 5.69 Å². The van der Waals surface area contributed by atoms with Gasteiger partial charge in [0.05, 0.1) is 10.8 Å². The highest BCUT2D eigenvalue weighted by atomic mass is 32.2. The Morgan fingerprint density at radius 2 is 2.18 bits per heavy atom. The van der Waals surface area contributed by atoms with Crippen LogP contribution in [0.3, 0.4) is 0 Å². The zero-order valence-corrected chi connectivity index (χ0v) is 16.4. The highest BCUT2D eigenvalue weighted by Gasteiger charge is 2.14. The second-order valence-electron chi connectivity index (χ2n) is 6.12. The van der Waals surface area contributed by atoms with Gasteiger partial charge in [0.15, 0.2) is 11.0 Å². The lowest BCUT2D eigenvalue weighted by molar-refractivity contribution is -0.385. The molecule has 0 spiro atoms. The predicted molar refractivity (Wildman–Crippen MR) is 105 cm³/mol. The molecular formula is C18H20N6O3S. The fourth-order valence-electron chi connectivity index (χ4n) is 2.59. The molecule has 28 heavy (non-hydrogen) atoms. The molecule has 0 fully saturated rings. The highest BCUT2D eigenvalue weighted by Crippen LogP contribution is 2.23. The van der Waals surface area contributed by atoms with Crippen molar-refractivity contribution in [2.75, 3.05) is 0 Å². The number of rotatable bonds is 9. The van der Waals surface area contributed by atoms with Gasteiger partial charge in [-0.2, -0.15) is 5.10 Å². The van der Waals surface area contributed by atoms with Crippen molar-refractivity contribution < 1.29 is 9.66 Å². The summed E-state index contributed by atoms with van der Waals surface area (Å²) in [6.45, 7) is 8.62. The van der Waals surface area contributed by atoms with Crippen molar-refractivity contribution >= 4 is 17.4 Å². The van der Waals surface area contributed by atoms with Gasteiger partial charge in [-0.3, -0.25) is 19.4 Å². The van der Waals surface area contributed by atoms with Crippen molar-refractivity contribution in [1.82, 2.24) is 24.5 Å². The van der Waals surface area contributed by atoms with E-state index in [1.54, 1.807) is 6.08 Å². The average Bonchev–Trinajstić information content (AvgIpc) is 3.27. The second-order valence-corrected chi connectivity index (χ2v) is 7.04. The van der Waals surface area contributed by atoms with E-state index in [4.69, 9.17) is 4.74 Å². The maximum Gasteiger partial charge on any atom is 0.307 e. The molecule has 0 bridgehead atoms. The summed E-state index contributed by atoms with van der Waals surface area (Å²) in [4.78, 5) is 10.3. The number of hydrogen-bond donors (Lipinski definition) is 0. The van der Waals surface area contributed by atoms with Crippen LogP contribution in [0, 0.1) is 24.0 Å². The molecule has 3 rings (SSSR count). The van der Waals surface area contributed by atoms with Gasteiger partial charge in [-0.25, -0.2) is 0 Å². The Hall–Kier alpha value is -3.14. The summed E-state index contributed by atoms with van der Waals surface area (Å²) >= 11 is 1.38. The number of thioether (sulfide) groups is 1.